The summed E-state index contributed by atoms with van der Waals surface area (Å²) in [5, 5.41) is 0. The Kier molecular flexibility index (Phi) is 3.84. The highest BCUT2D eigenvalue weighted by molar-refractivity contribution is 6.63. The maximum absolute atomic E-state index is 11.0. The van der Waals surface area contributed by atoms with Gasteiger partial charge in [0.15, 0.2) is 0 Å². The summed E-state index contributed by atoms with van der Waals surface area (Å²) < 4.78 is 12.1. The standard InChI is InChI=1S/C14H22BN3O3/c1-8-12(9(2)18-11(17-8)7-10(16)19)15-20-13(3,4)14(5,6)21-15/h7H2,1-6H3,(H2,16,19). The Morgan fingerprint density at radius 2 is 1.52 bits per heavy atom. The molecule has 1 saturated heterocycles. The van der Waals surface area contributed by atoms with Crippen LogP contribution < -0.4 is 11.2 Å². The van der Waals surface area contributed by atoms with Gasteiger partial charge in [-0.2, -0.15) is 0 Å². The number of primary amides is 1. The summed E-state index contributed by atoms with van der Waals surface area (Å²) in [6, 6.07) is 0. The molecule has 114 valence electrons. The van der Waals surface area contributed by atoms with Crippen molar-refractivity contribution in [2.24, 2.45) is 5.73 Å². The van der Waals surface area contributed by atoms with Crippen molar-refractivity contribution in [1.82, 2.24) is 9.97 Å². The highest BCUT2D eigenvalue weighted by atomic mass is 16.7. The molecule has 21 heavy (non-hydrogen) atoms. The summed E-state index contributed by atoms with van der Waals surface area (Å²) in [6.07, 6.45) is 0.0331. The lowest BCUT2D eigenvalue weighted by atomic mass is 9.76. The molecule has 0 saturated carbocycles. The zero-order valence-electron chi connectivity index (χ0n) is 13.5. The van der Waals surface area contributed by atoms with Crippen LogP contribution in [0.15, 0.2) is 0 Å². The molecule has 0 radical (unpaired) electrons. The highest BCUT2D eigenvalue weighted by Crippen LogP contribution is 2.36. The Bertz CT molecular complexity index is 548. The molecule has 0 aliphatic carbocycles. The fourth-order valence-corrected chi connectivity index (χ4v) is 2.33. The molecule has 0 atom stereocenters. The fourth-order valence-electron chi connectivity index (χ4n) is 2.33. The molecule has 1 aliphatic rings. The van der Waals surface area contributed by atoms with E-state index in [2.05, 4.69) is 9.97 Å². The van der Waals surface area contributed by atoms with Gasteiger partial charge in [-0.3, -0.25) is 4.79 Å². The third-order valence-corrected chi connectivity index (χ3v) is 4.19. The average Bonchev–Trinajstić information content (AvgIpc) is 2.44. The number of rotatable bonds is 3. The molecule has 1 amide bonds. The normalized spacial score (nSPS) is 19.8. The van der Waals surface area contributed by atoms with Crippen molar-refractivity contribution in [3.8, 4) is 0 Å². The van der Waals surface area contributed by atoms with E-state index >= 15 is 0 Å². The molecular formula is C14H22BN3O3. The molecule has 7 heteroatoms. The fraction of sp³-hybridized carbons (Fsp3) is 0.643. The van der Waals surface area contributed by atoms with Gasteiger partial charge in [0.2, 0.25) is 5.91 Å². The van der Waals surface area contributed by atoms with Gasteiger partial charge in [-0.1, -0.05) is 0 Å². The van der Waals surface area contributed by atoms with E-state index in [0.717, 1.165) is 16.9 Å². The molecule has 1 fully saturated rings. The van der Waals surface area contributed by atoms with Gasteiger partial charge in [0, 0.05) is 16.9 Å². The molecule has 6 nitrogen and oxygen atoms in total. The van der Waals surface area contributed by atoms with E-state index in [4.69, 9.17) is 15.0 Å². The van der Waals surface area contributed by atoms with Crippen LogP contribution in [0, 0.1) is 13.8 Å². The lowest BCUT2D eigenvalue weighted by molar-refractivity contribution is -0.117. The molecule has 0 bridgehead atoms. The molecule has 2 heterocycles. The van der Waals surface area contributed by atoms with Gasteiger partial charge in [-0.15, -0.1) is 0 Å². The summed E-state index contributed by atoms with van der Waals surface area (Å²) in [6.45, 7) is 11.7. The minimum absolute atomic E-state index is 0.0331. The zero-order valence-corrected chi connectivity index (χ0v) is 13.5. The van der Waals surface area contributed by atoms with Crippen LogP contribution in [0.1, 0.15) is 44.9 Å². The smallest absolute Gasteiger partial charge is 0.399 e. The van der Waals surface area contributed by atoms with Crippen molar-refractivity contribution in [3.63, 3.8) is 0 Å². The monoisotopic (exact) mass is 291 g/mol. The van der Waals surface area contributed by atoms with Crippen molar-refractivity contribution in [1.29, 1.82) is 0 Å². The first-order chi connectivity index (χ1) is 9.53. The molecule has 1 aromatic heterocycles. The number of nitrogens with two attached hydrogens (primary N) is 1. The second-order valence-corrected chi connectivity index (χ2v) is 6.46. The topological polar surface area (TPSA) is 87.3 Å². The lowest BCUT2D eigenvalue weighted by Crippen LogP contribution is -2.41. The largest absolute Gasteiger partial charge is 0.498 e. The van der Waals surface area contributed by atoms with Crippen LogP contribution in [-0.2, 0) is 20.5 Å². The number of aromatic nitrogens is 2. The third kappa shape index (κ3) is 2.94. The van der Waals surface area contributed by atoms with Crippen LogP contribution in [-0.4, -0.2) is 34.2 Å². The van der Waals surface area contributed by atoms with Crippen molar-refractivity contribution in [3.05, 3.63) is 17.2 Å². The van der Waals surface area contributed by atoms with E-state index in [1.54, 1.807) is 0 Å². The number of aryl methyl sites for hydroxylation is 2. The van der Waals surface area contributed by atoms with E-state index in [0.29, 0.717) is 5.82 Å². The third-order valence-electron chi connectivity index (χ3n) is 4.19. The van der Waals surface area contributed by atoms with Gasteiger partial charge in [0.05, 0.1) is 17.6 Å². The Morgan fingerprint density at radius 1 is 1.10 bits per heavy atom. The molecule has 0 unspecified atom stereocenters. The molecule has 0 aromatic carbocycles. The number of carbonyl (C=O) groups is 1. The van der Waals surface area contributed by atoms with E-state index in [1.165, 1.54) is 0 Å². The van der Waals surface area contributed by atoms with Crippen molar-refractivity contribution >= 4 is 18.5 Å². The van der Waals surface area contributed by atoms with Gasteiger partial charge in [0.25, 0.3) is 0 Å². The molecule has 2 N–H and O–H groups in total. The SMILES string of the molecule is Cc1nc(CC(N)=O)nc(C)c1B1OC(C)(C)C(C)(C)O1. The van der Waals surface area contributed by atoms with Gasteiger partial charge in [0.1, 0.15) is 5.82 Å². The quantitative estimate of drug-likeness (QED) is 0.815. The number of nitrogens with zero attached hydrogens (tertiary/aromatic N) is 2. The molecular weight excluding hydrogens is 269 g/mol. The second kappa shape index (κ2) is 5.07. The number of hydrogen-bond acceptors (Lipinski definition) is 5. The Labute approximate surface area is 125 Å². The summed E-state index contributed by atoms with van der Waals surface area (Å²) in [5.74, 6) is -0.0186. The highest BCUT2D eigenvalue weighted by Gasteiger charge is 2.52. The summed E-state index contributed by atoms with van der Waals surface area (Å²) >= 11 is 0. The van der Waals surface area contributed by atoms with Crippen LogP contribution in [0.2, 0.25) is 0 Å². The van der Waals surface area contributed by atoms with E-state index in [-0.39, 0.29) is 6.42 Å². The van der Waals surface area contributed by atoms with Crippen molar-refractivity contribution < 1.29 is 14.1 Å². The Balaban J connectivity index is 2.36. The van der Waals surface area contributed by atoms with Gasteiger partial charge >= 0.3 is 7.12 Å². The maximum Gasteiger partial charge on any atom is 0.498 e. The van der Waals surface area contributed by atoms with Gasteiger partial charge in [-0.25, -0.2) is 9.97 Å². The number of hydrogen-bond donors (Lipinski definition) is 1. The Morgan fingerprint density at radius 3 is 1.90 bits per heavy atom. The van der Waals surface area contributed by atoms with Gasteiger partial charge in [-0.05, 0) is 41.5 Å². The first-order valence-electron chi connectivity index (χ1n) is 7.01. The first-order valence-corrected chi connectivity index (χ1v) is 7.01. The first kappa shape index (κ1) is 15.9. The summed E-state index contributed by atoms with van der Waals surface area (Å²) in [7, 11) is -0.502. The number of carbonyl (C=O) groups excluding carboxylic acids is 1. The minimum Gasteiger partial charge on any atom is -0.399 e. The second-order valence-electron chi connectivity index (χ2n) is 6.46. The van der Waals surface area contributed by atoms with E-state index in [9.17, 15) is 4.79 Å². The van der Waals surface area contributed by atoms with Gasteiger partial charge < -0.3 is 15.0 Å². The molecule has 2 rings (SSSR count). The Hall–Kier alpha value is -1.47. The van der Waals surface area contributed by atoms with Crippen molar-refractivity contribution in [2.75, 3.05) is 0 Å². The van der Waals surface area contributed by atoms with Crippen molar-refractivity contribution in [2.45, 2.75) is 59.2 Å². The molecule has 0 spiro atoms. The molecule has 1 aliphatic heterocycles. The predicted molar refractivity (Wildman–Crippen MR) is 80.1 cm³/mol. The van der Waals surface area contributed by atoms with Crippen LogP contribution in [0.4, 0.5) is 0 Å². The number of amides is 1. The van der Waals surface area contributed by atoms with Crippen LogP contribution in [0.3, 0.4) is 0 Å². The maximum atomic E-state index is 11.0. The van der Waals surface area contributed by atoms with E-state index in [1.807, 2.05) is 41.5 Å². The zero-order chi connectivity index (χ0) is 16.0. The predicted octanol–water partition coefficient (Wildman–Crippen LogP) is 0.420. The minimum atomic E-state index is -0.502. The lowest BCUT2D eigenvalue weighted by Gasteiger charge is -2.32. The van der Waals surface area contributed by atoms with Crippen LogP contribution in [0.5, 0.6) is 0 Å². The summed E-state index contributed by atoms with van der Waals surface area (Å²) in [4.78, 5) is 19.7. The van der Waals surface area contributed by atoms with Crippen LogP contribution in [0.25, 0.3) is 0 Å². The summed E-state index contributed by atoms with van der Waals surface area (Å²) in [5.41, 5.74) is 6.68. The molecule has 1 aromatic rings. The average molecular weight is 291 g/mol. The van der Waals surface area contributed by atoms with E-state index < -0.39 is 24.2 Å². The van der Waals surface area contributed by atoms with Crippen LogP contribution >= 0.6 is 0 Å².